The number of hydrogen-bond donors (Lipinski definition) is 0. The van der Waals surface area contributed by atoms with Crippen LogP contribution in [0.3, 0.4) is 0 Å². The minimum Gasteiger partial charge on any atom is -0.486 e. The van der Waals surface area contributed by atoms with Gasteiger partial charge >= 0.3 is 0 Å². The highest BCUT2D eigenvalue weighted by atomic mass is 35.5. The van der Waals surface area contributed by atoms with Crippen LogP contribution in [0.2, 0.25) is 15.1 Å². The summed E-state index contributed by atoms with van der Waals surface area (Å²) in [5.41, 5.74) is 0. The molecule has 0 heterocycles. The van der Waals surface area contributed by atoms with Gasteiger partial charge in [-0.3, -0.25) is 0 Å². The number of alkyl halides is 1. The van der Waals surface area contributed by atoms with Gasteiger partial charge in [0, 0.05) is 19.1 Å². The zero-order valence-electron chi connectivity index (χ0n) is 10.3. The number of rotatable bonds is 5. The van der Waals surface area contributed by atoms with Crippen molar-refractivity contribution in [3.05, 3.63) is 27.2 Å². The lowest BCUT2D eigenvalue weighted by molar-refractivity contribution is -0.0797. The summed E-state index contributed by atoms with van der Waals surface area (Å²) in [6.07, 6.45) is 1.48. The minimum atomic E-state index is -0.105. The van der Waals surface area contributed by atoms with E-state index in [1.807, 2.05) is 6.92 Å². The molecule has 1 aliphatic carbocycles. The van der Waals surface area contributed by atoms with Gasteiger partial charge in [-0.2, -0.15) is 0 Å². The maximum atomic E-state index is 6.12. The Bertz CT molecular complexity index is 453. The third-order valence-electron chi connectivity index (χ3n) is 2.95. The highest BCUT2D eigenvalue weighted by Gasteiger charge is 2.43. The van der Waals surface area contributed by atoms with Crippen molar-refractivity contribution in [1.82, 2.24) is 0 Å². The Morgan fingerprint density at radius 3 is 2.47 bits per heavy atom. The first-order chi connectivity index (χ1) is 9.02. The van der Waals surface area contributed by atoms with E-state index in [0.717, 1.165) is 12.8 Å². The summed E-state index contributed by atoms with van der Waals surface area (Å²) in [7, 11) is 0. The van der Waals surface area contributed by atoms with Crippen LogP contribution in [0.5, 0.6) is 5.75 Å². The molecule has 0 radical (unpaired) electrons. The van der Waals surface area contributed by atoms with Gasteiger partial charge < -0.3 is 9.47 Å². The van der Waals surface area contributed by atoms with Gasteiger partial charge in [0.2, 0.25) is 0 Å². The van der Waals surface area contributed by atoms with Gasteiger partial charge in [0.15, 0.2) is 0 Å². The molecular formula is C13H14Cl4O2. The highest BCUT2D eigenvalue weighted by Crippen LogP contribution is 2.38. The lowest BCUT2D eigenvalue weighted by Crippen LogP contribution is -2.52. The largest absolute Gasteiger partial charge is 0.486 e. The molecule has 0 saturated heterocycles. The van der Waals surface area contributed by atoms with E-state index >= 15 is 0 Å². The Kier molecular flexibility index (Phi) is 5.50. The monoisotopic (exact) mass is 342 g/mol. The molecule has 19 heavy (non-hydrogen) atoms. The van der Waals surface area contributed by atoms with Crippen LogP contribution in [0.15, 0.2) is 12.1 Å². The summed E-state index contributed by atoms with van der Waals surface area (Å²) in [4.78, 5) is 0. The van der Waals surface area contributed by atoms with Crippen molar-refractivity contribution in [2.75, 3.05) is 6.61 Å². The van der Waals surface area contributed by atoms with Crippen LogP contribution in [0.25, 0.3) is 0 Å². The van der Waals surface area contributed by atoms with E-state index in [2.05, 4.69) is 0 Å². The third-order valence-corrected chi connectivity index (χ3v) is 4.39. The Morgan fingerprint density at radius 2 is 1.84 bits per heavy atom. The second-order valence-electron chi connectivity index (χ2n) is 4.44. The molecule has 2 rings (SSSR count). The molecule has 3 atom stereocenters. The van der Waals surface area contributed by atoms with Gasteiger partial charge in [-0.05, 0) is 12.5 Å². The SMILES string of the molecule is CCCOC1C(Cl)CC1Oc1cc(Cl)c(Cl)cc1Cl. The van der Waals surface area contributed by atoms with E-state index in [1.165, 1.54) is 0 Å². The van der Waals surface area contributed by atoms with Gasteiger partial charge in [-0.1, -0.05) is 41.7 Å². The van der Waals surface area contributed by atoms with Crippen LogP contribution in [0, 0.1) is 0 Å². The molecule has 0 N–H and O–H groups in total. The first-order valence-corrected chi connectivity index (χ1v) is 7.66. The fourth-order valence-corrected chi connectivity index (χ4v) is 2.86. The summed E-state index contributed by atoms with van der Waals surface area (Å²) in [5, 5.41) is 1.23. The second-order valence-corrected chi connectivity index (χ2v) is 6.22. The molecule has 1 aromatic rings. The molecule has 1 saturated carbocycles. The lowest BCUT2D eigenvalue weighted by Gasteiger charge is -2.40. The molecule has 6 heteroatoms. The summed E-state index contributed by atoms with van der Waals surface area (Å²) in [6, 6.07) is 3.18. The Labute approximate surface area is 132 Å². The maximum Gasteiger partial charge on any atom is 0.140 e. The smallest absolute Gasteiger partial charge is 0.140 e. The van der Waals surface area contributed by atoms with Crippen molar-refractivity contribution in [2.45, 2.75) is 37.4 Å². The summed E-state index contributed by atoms with van der Waals surface area (Å²) in [5.74, 6) is 0.509. The minimum absolute atomic E-state index is 0.0157. The van der Waals surface area contributed by atoms with Crippen LogP contribution in [-0.4, -0.2) is 24.2 Å². The van der Waals surface area contributed by atoms with E-state index < -0.39 is 0 Å². The summed E-state index contributed by atoms with van der Waals surface area (Å²) >= 11 is 24.0. The zero-order valence-corrected chi connectivity index (χ0v) is 13.4. The predicted molar refractivity (Wildman–Crippen MR) is 80.2 cm³/mol. The predicted octanol–water partition coefficient (Wildman–Crippen LogP) is 5.20. The van der Waals surface area contributed by atoms with Crippen LogP contribution < -0.4 is 4.74 Å². The highest BCUT2D eigenvalue weighted by molar-refractivity contribution is 6.43. The fourth-order valence-electron chi connectivity index (χ4n) is 1.87. The van der Waals surface area contributed by atoms with Crippen molar-refractivity contribution in [3.8, 4) is 5.75 Å². The quantitative estimate of drug-likeness (QED) is 0.540. The molecule has 1 fully saturated rings. The van der Waals surface area contributed by atoms with Gasteiger partial charge in [-0.15, -0.1) is 11.6 Å². The Balaban J connectivity index is 2.03. The van der Waals surface area contributed by atoms with Crippen LogP contribution in [0.1, 0.15) is 19.8 Å². The topological polar surface area (TPSA) is 18.5 Å². The van der Waals surface area contributed by atoms with Crippen molar-refractivity contribution >= 4 is 46.4 Å². The molecule has 1 aliphatic rings. The Hall–Kier alpha value is 0.140. The average molecular weight is 344 g/mol. The van der Waals surface area contributed by atoms with E-state index in [-0.39, 0.29) is 17.6 Å². The van der Waals surface area contributed by atoms with Gasteiger partial charge in [0.25, 0.3) is 0 Å². The van der Waals surface area contributed by atoms with E-state index in [4.69, 9.17) is 55.9 Å². The number of halogens is 4. The fraction of sp³-hybridized carbons (Fsp3) is 0.538. The number of hydrogen-bond acceptors (Lipinski definition) is 2. The van der Waals surface area contributed by atoms with Gasteiger partial charge in [0.1, 0.15) is 18.0 Å². The van der Waals surface area contributed by atoms with Gasteiger partial charge in [0.05, 0.1) is 20.4 Å². The first-order valence-electron chi connectivity index (χ1n) is 6.09. The van der Waals surface area contributed by atoms with Crippen LogP contribution in [-0.2, 0) is 4.74 Å². The van der Waals surface area contributed by atoms with Crippen LogP contribution >= 0.6 is 46.4 Å². The molecule has 3 unspecified atom stereocenters. The second kappa shape index (κ2) is 6.73. The molecule has 106 valence electrons. The number of benzene rings is 1. The van der Waals surface area contributed by atoms with Crippen molar-refractivity contribution in [2.24, 2.45) is 0 Å². The average Bonchev–Trinajstić information content (AvgIpc) is 2.35. The van der Waals surface area contributed by atoms with Gasteiger partial charge in [-0.25, -0.2) is 0 Å². The normalized spacial score (nSPS) is 26.1. The third kappa shape index (κ3) is 3.62. The Morgan fingerprint density at radius 1 is 1.16 bits per heavy atom. The molecule has 0 aliphatic heterocycles. The molecule has 0 spiro atoms. The molecule has 0 aromatic heterocycles. The van der Waals surface area contributed by atoms with E-state index in [9.17, 15) is 0 Å². The summed E-state index contributed by atoms with van der Waals surface area (Å²) in [6.45, 7) is 2.72. The standard InChI is InChI=1S/C13H14Cl4O2/c1-2-3-18-13-10(17)6-12(13)19-11-5-8(15)7(14)4-9(11)16/h4-5,10,12-13H,2-3,6H2,1H3. The molecule has 0 bridgehead atoms. The molecule has 2 nitrogen and oxygen atoms in total. The van der Waals surface area contributed by atoms with E-state index in [1.54, 1.807) is 12.1 Å². The van der Waals surface area contributed by atoms with Crippen molar-refractivity contribution < 1.29 is 9.47 Å². The van der Waals surface area contributed by atoms with Crippen LogP contribution in [0.4, 0.5) is 0 Å². The molecule has 0 amide bonds. The van der Waals surface area contributed by atoms with Crippen molar-refractivity contribution in [1.29, 1.82) is 0 Å². The lowest BCUT2D eigenvalue weighted by atomic mass is 9.91. The first kappa shape index (κ1) is 15.5. The molecular weight excluding hydrogens is 330 g/mol. The summed E-state index contributed by atoms with van der Waals surface area (Å²) < 4.78 is 11.5. The van der Waals surface area contributed by atoms with E-state index in [0.29, 0.717) is 27.4 Å². The maximum absolute atomic E-state index is 6.12. The number of ether oxygens (including phenoxy) is 2. The zero-order chi connectivity index (χ0) is 14.0. The van der Waals surface area contributed by atoms with Crippen molar-refractivity contribution in [3.63, 3.8) is 0 Å². The molecule has 1 aromatic carbocycles.